The van der Waals surface area contributed by atoms with E-state index >= 15 is 0 Å². The maximum absolute atomic E-state index is 11.9. The molecule has 6 heteroatoms. The Labute approximate surface area is 107 Å². The van der Waals surface area contributed by atoms with Gasteiger partial charge in [-0.25, -0.2) is 12.7 Å². The summed E-state index contributed by atoms with van der Waals surface area (Å²) in [5.74, 6) is 0. The van der Waals surface area contributed by atoms with Crippen molar-refractivity contribution in [3.8, 4) is 0 Å². The van der Waals surface area contributed by atoms with Crippen LogP contribution in [0.5, 0.6) is 0 Å². The van der Waals surface area contributed by atoms with E-state index in [4.69, 9.17) is 0 Å². The topological polar surface area (TPSA) is 49.4 Å². The van der Waals surface area contributed by atoms with Gasteiger partial charge in [0.1, 0.15) is 4.21 Å². The summed E-state index contributed by atoms with van der Waals surface area (Å²) in [5, 5.41) is 3.42. The van der Waals surface area contributed by atoms with Crippen LogP contribution in [0.25, 0.3) is 0 Å². The molecule has 2 rings (SSSR count). The number of sulfonamides is 1. The van der Waals surface area contributed by atoms with Gasteiger partial charge in [-0.1, -0.05) is 0 Å². The van der Waals surface area contributed by atoms with Crippen molar-refractivity contribution in [1.82, 2.24) is 9.62 Å². The third-order valence-electron chi connectivity index (χ3n) is 2.75. The predicted molar refractivity (Wildman–Crippen MR) is 69.9 cm³/mol. The molecular weight excluding hydrogens is 256 g/mol. The first-order valence-electron chi connectivity index (χ1n) is 5.75. The van der Waals surface area contributed by atoms with Crippen molar-refractivity contribution in [3.63, 3.8) is 0 Å². The van der Waals surface area contributed by atoms with Crippen molar-refractivity contribution in [2.45, 2.75) is 29.5 Å². The fraction of sp³-hybridized carbons (Fsp3) is 0.636. The van der Waals surface area contributed by atoms with Crippen LogP contribution in [0.3, 0.4) is 0 Å². The van der Waals surface area contributed by atoms with Gasteiger partial charge in [0.15, 0.2) is 0 Å². The maximum atomic E-state index is 11.9. The lowest BCUT2D eigenvalue weighted by Gasteiger charge is -2.08. The van der Waals surface area contributed by atoms with Crippen LogP contribution < -0.4 is 5.32 Å². The Morgan fingerprint density at radius 1 is 1.41 bits per heavy atom. The summed E-state index contributed by atoms with van der Waals surface area (Å²) < 4.78 is 25.4. The van der Waals surface area contributed by atoms with E-state index in [1.165, 1.54) is 28.5 Å². The van der Waals surface area contributed by atoms with E-state index in [0.29, 0.717) is 10.3 Å². The number of thiophene rings is 1. The van der Waals surface area contributed by atoms with Crippen LogP contribution >= 0.6 is 11.3 Å². The monoisotopic (exact) mass is 274 g/mol. The van der Waals surface area contributed by atoms with Gasteiger partial charge in [0.2, 0.25) is 0 Å². The van der Waals surface area contributed by atoms with E-state index in [0.717, 1.165) is 17.8 Å². The molecule has 0 amide bonds. The molecule has 0 aromatic carbocycles. The quantitative estimate of drug-likeness (QED) is 0.850. The summed E-state index contributed by atoms with van der Waals surface area (Å²) in [6.45, 7) is 0.937. The average Bonchev–Trinajstić information content (AvgIpc) is 2.94. The zero-order valence-electron chi connectivity index (χ0n) is 10.1. The van der Waals surface area contributed by atoms with E-state index in [9.17, 15) is 8.42 Å². The standard InChI is InChI=1S/C11H18N2O2S2/c1-13(2)17(14,15)11-6-5-10(16-11)7-8-12-9-3-4-9/h5-6,9,12H,3-4,7-8H2,1-2H3. The molecule has 0 unspecified atom stereocenters. The second-order valence-electron chi connectivity index (χ2n) is 4.49. The Morgan fingerprint density at radius 2 is 2.12 bits per heavy atom. The highest BCUT2D eigenvalue weighted by Gasteiger charge is 2.21. The third-order valence-corrected chi connectivity index (χ3v) is 6.18. The first-order chi connectivity index (χ1) is 8.00. The first-order valence-corrected chi connectivity index (χ1v) is 8.00. The average molecular weight is 274 g/mol. The molecule has 0 aliphatic heterocycles. The van der Waals surface area contributed by atoms with Gasteiger partial charge in [0.05, 0.1) is 0 Å². The lowest BCUT2D eigenvalue weighted by Crippen LogP contribution is -2.21. The van der Waals surface area contributed by atoms with Gasteiger partial charge in [0, 0.05) is 31.6 Å². The van der Waals surface area contributed by atoms with Crippen molar-refractivity contribution in [2.75, 3.05) is 20.6 Å². The molecule has 1 aromatic heterocycles. The number of hydrogen-bond donors (Lipinski definition) is 1. The van der Waals surface area contributed by atoms with Crippen LogP contribution in [-0.4, -0.2) is 39.4 Å². The molecular formula is C11H18N2O2S2. The SMILES string of the molecule is CN(C)S(=O)(=O)c1ccc(CCNC2CC2)s1. The van der Waals surface area contributed by atoms with Crippen LogP contribution in [-0.2, 0) is 16.4 Å². The van der Waals surface area contributed by atoms with E-state index in [1.54, 1.807) is 20.2 Å². The molecule has 1 heterocycles. The van der Waals surface area contributed by atoms with Gasteiger partial charge in [-0.05, 0) is 31.4 Å². The highest BCUT2D eigenvalue weighted by Crippen LogP contribution is 2.24. The summed E-state index contributed by atoms with van der Waals surface area (Å²) in [4.78, 5) is 1.12. The van der Waals surface area contributed by atoms with Crippen LogP contribution in [0.15, 0.2) is 16.3 Å². The molecule has 0 saturated heterocycles. The van der Waals surface area contributed by atoms with Gasteiger partial charge in [-0.3, -0.25) is 0 Å². The smallest absolute Gasteiger partial charge is 0.252 e. The van der Waals surface area contributed by atoms with Crippen LogP contribution in [0.2, 0.25) is 0 Å². The van der Waals surface area contributed by atoms with Crippen LogP contribution in [0.4, 0.5) is 0 Å². The Morgan fingerprint density at radius 3 is 2.71 bits per heavy atom. The van der Waals surface area contributed by atoms with E-state index in [2.05, 4.69) is 5.32 Å². The summed E-state index contributed by atoms with van der Waals surface area (Å²) in [7, 11) is -0.136. The molecule has 1 aliphatic carbocycles. The first kappa shape index (κ1) is 13.0. The van der Waals surface area contributed by atoms with Crippen molar-refractivity contribution in [3.05, 3.63) is 17.0 Å². The summed E-state index contributed by atoms with van der Waals surface area (Å²) in [6, 6.07) is 4.32. The van der Waals surface area contributed by atoms with Gasteiger partial charge in [-0.15, -0.1) is 11.3 Å². The van der Waals surface area contributed by atoms with Crippen LogP contribution in [0, 0.1) is 0 Å². The Bertz CT molecular complexity index is 475. The second kappa shape index (κ2) is 5.06. The normalized spacial score (nSPS) is 16.6. The lowest BCUT2D eigenvalue weighted by molar-refractivity contribution is 0.523. The summed E-state index contributed by atoms with van der Waals surface area (Å²) >= 11 is 1.37. The van der Waals surface area contributed by atoms with Crippen LogP contribution in [0.1, 0.15) is 17.7 Å². The fourth-order valence-electron chi connectivity index (χ4n) is 1.50. The van der Waals surface area contributed by atoms with Gasteiger partial charge in [-0.2, -0.15) is 0 Å². The maximum Gasteiger partial charge on any atom is 0.252 e. The summed E-state index contributed by atoms with van der Waals surface area (Å²) in [6.07, 6.45) is 3.47. The highest BCUT2D eigenvalue weighted by molar-refractivity contribution is 7.91. The fourth-order valence-corrected chi connectivity index (χ4v) is 4.02. The number of nitrogens with zero attached hydrogens (tertiary/aromatic N) is 1. The highest BCUT2D eigenvalue weighted by atomic mass is 32.2. The molecule has 1 N–H and O–H groups in total. The Hall–Kier alpha value is -0.430. The molecule has 1 aliphatic rings. The molecule has 0 radical (unpaired) electrons. The molecule has 1 fully saturated rings. The molecule has 96 valence electrons. The zero-order chi connectivity index (χ0) is 12.5. The molecule has 0 atom stereocenters. The molecule has 4 nitrogen and oxygen atoms in total. The van der Waals surface area contributed by atoms with Crippen molar-refractivity contribution in [2.24, 2.45) is 0 Å². The second-order valence-corrected chi connectivity index (χ2v) is 8.03. The Kier molecular flexibility index (Phi) is 3.87. The van der Waals surface area contributed by atoms with E-state index < -0.39 is 10.0 Å². The number of nitrogens with one attached hydrogen (secondary N) is 1. The zero-order valence-corrected chi connectivity index (χ0v) is 11.8. The Balaban J connectivity index is 1.95. The minimum Gasteiger partial charge on any atom is -0.314 e. The van der Waals surface area contributed by atoms with Gasteiger partial charge < -0.3 is 5.32 Å². The molecule has 0 spiro atoms. The molecule has 0 bridgehead atoms. The van der Waals surface area contributed by atoms with Gasteiger partial charge in [0.25, 0.3) is 10.0 Å². The van der Waals surface area contributed by atoms with E-state index in [1.807, 2.05) is 6.07 Å². The van der Waals surface area contributed by atoms with E-state index in [-0.39, 0.29) is 0 Å². The third kappa shape index (κ3) is 3.28. The summed E-state index contributed by atoms with van der Waals surface area (Å²) in [5.41, 5.74) is 0. The molecule has 1 saturated carbocycles. The largest absolute Gasteiger partial charge is 0.314 e. The molecule has 17 heavy (non-hydrogen) atoms. The number of hydrogen-bond acceptors (Lipinski definition) is 4. The van der Waals surface area contributed by atoms with Crippen molar-refractivity contribution < 1.29 is 8.42 Å². The van der Waals surface area contributed by atoms with Crippen molar-refractivity contribution in [1.29, 1.82) is 0 Å². The minimum absolute atomic E-state index is 0.434. The van der Waals surface area contributed by atoms with Crippen molar-refractivity contribution >= 4 is 21.4 Å². The number of rotatable bonds is 6. The molecule has 1 aromatic rings. The lowest BCUT2D eigenvalue weighted by atomic mass is 10.3. The predicted octanol–water partition coefficient (Wildman–Crippen LogP) is 1.29. The van der Waals surface area contributed by atoms with Gasteiger partial charge >= 0.3 is 0 Å². The minimum atomic E-state index is -3.25.